The molecule has 0 aromatic heterocycles. The molecule has 4 nitrogen and oxygen atoms in total. The lowest BCUT2D eigenvalue weighted by atomic mass is 10.2. The number of phenolic OH excluding ortho intramolecular Hbond substituents is 1. The van der Waals surface area contributed by atoms with Crippen molar-refractivity contribution < 1.29 is 5.11 Å². The molecule has 0 heterocycles. The summed E-state index contributed by atoms with van der Waals surface area (Å²) >= 11 is 5.75. The molecule has 0 unspecified atom stereocenters. The first-order valence-electron chi connectivity index (χ1n) is 3.73. The van der Waals surface area contributed by atoms with E-state index in [1.165, 1.54) is 6.07 Å². The van der Waals surface area contributed by atoms with Gasteiger partial charge in [-0.3, -0.25) is 0 Å². The minimum Gasteiger partial charge on any atom is -0.506 e. The van der Waals surface area contributed by atoms with Gasteiger partial charge in [-0.1, -0.05) is 34.6 Å². The van der Waals surface area contributed by atoms with Gasteiger partial charge < -0.3 is 5.11 Å². The summed E-state index contributed by atoms with van der Waals surface area (Å²) in [5.74, 6) is 5.27. The van der Waals surface area contributed by atoms with Gasteiger partial charge in [-0.05, 0) is 17.7 Å². The van der Waals surface area contributed by atoms with Crippen LogP contribution in [0, 0.1) is 11.8 Å². The average molecular weight is 208 g/mol. The van der Waals surface area contributed by atoms with Crippen LogP contribution in [0.1, 0.15) is 5.56 Å². The van der Waals surface area contributed by atoms with Crippen LogP contribution in [0.5, 0.6) is 5.75 Å². The largest absolute Gasteiger partial charge is 0.506 e. The van der Waals surface area contributed by atoms with Crippen molar-refractivity contribution in [3.63, 3.8) is 0 Å². The third kappa shape index (κ3) is 2.60. The minimum absolute atomic E-state index is 0.0118. The average Bonchev–Trinajstić information content (AvgIpc) is 2.19. The summed E-state index contributed by atoms with van der Waals surface area (Å²) in [6, 6.07) is 4.78. The van der Waals surface area contributed by atoms with Gasteiger partial charge in [-0.25, -0.2) is 0 Å². The Balaban J connectivity index is 2.89. The number of hydrogen-bond acceptors (Lipinski definition) is 2. The number of hydrogen-bond donors (Lipinski definition) is 1. The van der Waals surface area contributed by atoms with E-state index in [9.17, 15) is 5.11 Å². The summed E-state index contributed by atoms with van der Waals surface area (Å²) < 4.78 is 0. The Hall–Kier alpha value is -1.82. The number of rotatable bonds is 1. The van der Waals surface area contributed by atoms with Gasteiger partial charge in [0.05, 0.1) is 11.6 Å². The van der Waals surface area contributed by atoms with Crippen LogP contribution in [0.2, 0.25) is 5.02 Å². The molecule has 0 aliphatic carbocycles. The zero-order valence-electron chi connectivity index (χ0n) is 7.11. The first-order valence-corrected chi connectivity index (χ1v) is 4.10. The fourth-order valence-electron chi connectivity index (χ4n) is 0.818. The number of azide groups is 1. The highest BCUT2D eigenvalue weighted by Crippen LogP contribution is 2.25. The van der Waals surface area contributed by atoms with Crippen LogP contribution in [-0.4, -0.2) is 11.7 Å². The van der Waals surface area contributed by atoms with Gasteiger partial charge in [0, 0.05) is 10.5 Å². The van der Waals surface area contributed by atoms with Crippen molar-refractivity contribution in [2.45, 2.75) is 0 Å². The van der Waals surface area contributed by atoms with Crippen LogP contribution in [0.3, 0.4) is 0 Å². The molecule has 1 aromatic carbocycles. The molecule has 0 radical (unpaired) electrons. The van der Waals surface area contributed by atoms with Crippen molar-refractivity contribution >= 4 is 11.6 Å². The molecule has 5 heteroatoms. The first kappa shape index (κ1) is 10.3. The lowest BCUT2D eigenvalue weighted by Gasteiger charge is -1.97. The third-order valence-corrected chi connectivity index (χ3v) is 1.81. The van der Waals surface area contributed by atoms with Crippen molar-refractivity contribution in [3.8, 4) is 17.6 Å². The zero-order valence-corrected chi connectivity index (χ0v) is 7.86. The van der Waals surface area contributed by atoms with Crippen LogP contribution in [0.15, 0.2) is 23.3 Å². The SMILES string of the molecule is [N-]=[N+]=NCC#Cc1cccc(O)c1Cl. The van der Waals surface area contributed by atoms with Crippen LogP contribution in [-0.2, 0) is 0 Å². The van der Waals surface area contributed by atoms with Crippen molar-refractivity contribution in [1.29, 1.82) is 0 Å². The van der Waals surface area contributed by atoms with Crippen LogP contribution in [0.25, 0.3) is 10.4 Å². The van der Waals surface area contributed by atoms with E-state index < -0.39 is 0 Å². The third-order valence-electron chi connectivity index (χ3n) is 1.41. The Morgan fingerprint density at radius 2 is 2.36 bits per heavy atom. The number of benzene rings is 1. The Morgan fingerprint density at radius 3 is 3.07 bits per heavy atom. The molecule has 0 bridgehead atoms. The molecule has 0 fully saturated rings. The van der Waals surface area contributed by atoms with Gasteiger partial charge >= 0.3 is 0 Å². The highest BCUT2D eigenvalue weighted by atomic mass is 35.5. The first-order chi connectivity index (χ1) is 6.75. The van der Waals surface area contributed by atoms with Gasteiger partial charge in [0.1, 0.15) is 5.75 Å². The summed E-state index contributed by atoms with van der Waals surface area (Å²) in [7, 11) is 0. The lowest BCUT2D eigenvalue weighted by molar-refractivity contribution is 0.475. The van der Waals surface area contributed by atoms with Crippen LogP contribution < -0.4 is 0 Å². The summed E-state index contributed by atoms with van der Waals surface area (Å²) in [5, 5.41) is 12.7. The topological polar surface area (TPSA) is 69.0 Å². The van der Waals surface area contributed by atoms with Gasteiger partial charge in [-0.2, -0.15) is 0 Å². The Morgan fingerprint density at radius 1 is 1.57 bits per heavy atom. The fourth-order valence-corrected chi connectivity index (χ4v) is 0.991. The van der Waals surface area contributed by atoms with Gasteiger partial charge in [-0.15, -0.1) is 0 Å². The van der Waals surface area contributed by atoms with E-state index in [0.717, 1.165) is 0 Å². The molecule has 1 N–H and O–H groups in total. The maximum absolute atomic E-state index is 9.22. The van der Waals surface area contributed by atoms with E-state index in [2.05, 4.69) is 21.9 Å². The Kier molecular flexibility index (Phi) is 3.69. The number of nitrogens with zero attached hydrogens (tertiary/aromatic N) is 3. The molecule has 0 spiro atoms. The standard InChI is InChI=1S/C9H6ClN3O/c10-9-7(3-1-5-8(9)14)4-2-6-12-13-11/h1,3,5,14H,6H2. The van der Waals surface area contributed by atoms with E-state index in [1.54, 1.807) is 12.1 Å². The molecule has 0 atom stereocenters. The Bertz CT molecular complexity index is 441. The summed E-state index contributed by atoms with van der Waals surface area (Å²) in [5.41, 5.74) is 8.50. The molecule has 14 heavy (non-hydrogen) atoms. The molecule has 70 valence electrons. The highest BCUT2D eigenvalue weighted by molar-refractivity contribution is 6.33. The fraction of sp³-hybridized carbons (Fsp3) is 0.111. The summed E-state index contributed by atoms with van der Waals surface area (Å²) in [6.45, 7) is 0.0858. The van der Waals surface area contributed by atoms with Crippen LogP contribution >= 0.6 is 11.6 Å². The molecule has 0 amide bonds. The molecule has 0 saturated heterocycles. The smallest absolute Gasteiger partial charge is 0.135 e. The summed E-state index contributed by atoms with van der Waals surface area (Å²) in [6.07, 6.45) is 0. The number of phenols is 1. The van der Waals surface area contributed by atoms with Gasteiger partial charge in [0.25, 0.3) is 0 Å². The molecular formula is C9H6ClN3O. The highest BCUT2D eigenvalue weighted by Gasteiger charge is 2.00. The lowest BCUT2D eigenvalue weighted by Crippen LogP contribution is -1.78. The van der Waals surface area contributed by atoms with Crippen molar-refractivity contribution in [2.75, 3.05) is 6.54 Å². The van der Waals surface area contributed by atoms with E-state index in [1.807, 2.05) is 0 Å². The van der Waals surface area contributed by atoms with Crippen molar-refractivity contribution in [1.82, 2.24) is 0 Å². The quantitative estimate of drug-likeness (QED) is 0.327. The minimum atomic E-state index is -0.0118. The molecule has 0 aliphatic rings. The van der Waals surface area contributed by atoms with E-state index >= 15 is 0 Å². The van der Waals surface area contributed by atoms with Crippen LogP contribution in [0.4, 0.5) is 0 Å². The molecule has 1 aromatic rings. The van der Waals surface area contributed by atoms with Gasteiger partial charge in [0.15, 0.2) is 0 Å². The predicted molar refractivity (Wildman–Crippen MR) is 54.0 cm³/mol. The van der Waals surface area contributed by atoms with Gasteiger partial charge in [0.2, 0.25) is 0 Å². The maximum atomic E-state index is 9.22. The van der Waals surface area contributed by atoms with Crippen molar-refractivity contribution in [3.05, 3.63) is 39.2 Å². The zero-order chi connectivity index (χ0) is 10.4. The summed E-state index contributed by atoms with van der Waals surface area (Å²) in [4.78, 5) is 2.55. The maximum Gasteiger partial charge on any atom is 0.135 e. The number of aromatic hydroxyl groups is 1. The Labute approximate surface area is 85.8 Å². The molecule has 0 aliphatic heterocycles. The predicted octanol–water partition coefficient (Wildman–Crippen LogP) is 2.71. The van der Waals surface area contributed by atoms with E-state index in [-0.39, 0.29) is 17.3 Å². The normalized spacial score (nSPS) is 8.36. The molecule has 1 rings (SSSR count). The second kappa shape index (κ2) is 5.03. The monoisotopic (exact) mass is 207 g/mol. The molecular weight excluding hydrogens is 202 g/mol. The molecule has 0 saturated carbocycles. The van der Waals surface area contributed by atoms with E-state index in [4.69, 9.17) is 17.1 Å². The second-order valence-electron chi connectivity index (χ2n) is 2.33. The van der Waals surface area contributed by atoms with Crippen molar-refractivity contribution in [2.24, 2.45) is 5.11 Å². The second-order valence-corrected chi connectivity index (χ2v) is 2.71. The number of halogens is 1. The van der Waals surface area contributed by atoms with E-state index in [0.29, 0.717) is 5.56 Å².